The molecule has 1 amide bonds. The lowest BCUT2D eigenvalue weighted by atomic mass is 9.66. The Labute approximate surface area is 164 Å². The summed E-state index contributed by atoms with van der Waals surface area (Å²) in [7, 11) is 1.56. The summed E-state index contributed by atoms with van der Waals surface area (Å²) in [6.45, 7) is 0.464. The molecule has 1 aliphatic heterocycles. The molecule has 1 N–H and O–H groups in total. The molecule has 4 nitrogen and oxygen atoms in total. The van der Waals surface area contributed by atoms with E-state index in [1.807, 2.05) is 17.0 Å². The molecule has 5 heteroatoms. The fourth-order valence-electron chi connectivity index (χ4n) is 4.96. The number of hydrogen-bond donors (Lipinski definition) is 1. The predicted molar refractivity (Wildman–Crippen MR) is 105 cm³/mol. The minimum absolute atomic E-state index is 0.0564. The number of carbonyl (C=O) groups excluding carboxylic acids is 1. The number of aliphatic hydroxyl groups is 1. The van der Waals surface area contributed by atoms with E-state index >= 15 is 0 Å². The SMILES string of the molecule is COc1ccccc1C(=O)N1CC[C@]2(O)CCCC[C@@H]2[C@H]1c1ccc(F)cc1. The van der Waals surface area contributed by atoms with Crippen molar-refractivity contribution in [2.45, 2.75) is 43.7 Å². The minimum Gasteiger partial charge on any atom is -0.496 e. The first-order chi connectivity index (χ1) is 13.5. The van der Waals surface area contributed by atoms with Crippen molar-refractivity contribution in [3.05, 3.63) is 65.5 Å². The lowest BCUT2D eigenvalue weighted by Crippen LogP contribution is -2.56. The molecule has 28 heavy (non-hydrogen) atoms. The number of halogens is 1. The van der Waals surface area contributed by atoms with Crippen LogP contribution in [0.1, 0.15) is 54.1 Å². The van der Waals surface area contributed by atoms with E-state index in [4.69, 9.17) is 4.74 Å². The third kappa shape index (κ3) is 3.28. The molecule has 0 unspecified atom stereocenters. The number of benzene rings is 2. The van der Waals surface area contributed by atoms with Crippen LogP contribution in [0.2, 0.25) is 0 Å². The van der Waals surface area contributed by atoms with Crippen LogP contribution in [0.5, 0.6) is 5.75 Å². The molecule has 0 bridgehead atoms. The summed E-state index contributed by atoms with van der Waals surface area (Å²) in [6, 6.07) is 13.3. The maximum Gasteiger partial charge on any atom is 0.258 e. The Morgan fingerprint density at radius 1 is 1.14 bits per heavy atom. The van der Waals surface area contributed by atoms with Crippen molar-refractivity contribution in [3.8, 4) is 5.75 Å². The fraction of sp³-hybridized carbons (Fsp3) is 0.435. The monoisotopic (exact) mass is 383 g/mol. The first-order valence-electron chi connectivity index (χ1n) is 9.95. The average Bonchev–Trinajstić information content (AvgIpc) is 2.72. The summed E-state index contributed by atoms with van der Waals surface area (Å²) < 4.78 is 18.9. The Kier molecular flexibility index (Phi) is 5.11. The summed E-state index contributed by atoms with van der Waals surface area (Å²) in [5, 5.41) is 11.3. The molecule has 1 saturated heterocycles. The minimum atomic E-state index is -0.769. The number of para-hydroxylation sites is 1. The van der Waals surface area contributed by atoms with E-state index in [9.17, 15) is 14.3 Å². The molecule has 2 aromatic carbocycles. The van der Waals surface area contributed by atoms with Gasteiger partial charge in [-0.25, -0.2) is 4.39 Å². The largest absolute Gasteiger partial charge is 0.496 e. The number of methoxy groups -OCH3 is 1. The Bertz CT molecular complexity index is 853. The Balaban J connectivity index is 1.76. The maximum atomic E-state index is 13.5. The Hall–Kier alpha value is -2.40. The number of hydrogen-bond acceptors (Lipinski definition) is 3. The third-order valence-corrected chi connectivity index (χ3v) is 6.38. The van der Waals surface area contributed by atoms with Crippen molar-refractivity contribution in [2.75, 3.05) is 13.7 Å². The Morgan fingerprint density at radius 3 is 2.64 bits per heavy atom. The molecule has 2 aliphatic rings. The number of ether oxygens (including phenoxy) is 1. The topological polar surface area (TPSA) is 49.8 Å². The molecular weight excluding hydrogens is 357 g/mol. The molecule has 148 valence electrons. The third-order valence-electron chi connectivity index (χ3n) is 6.38. The molecule has 0 aromatic heterocycles. The number of amides is 1. The lowest BCUT2D eigenvalue weighted by Gasteiger charge is -2.52. The van der Waals surface area contributed by atoms with Gasteiger partial charge in [-0.2, -0.15) is 0 Å². The van der Waals surface area contributed by atoms with Gasteiger partial charge in [0.15, 0.2) is 0 Å². The van der Waals surface area contributed by atoms with Gasteiger partial charge in [0.05, 0.1) is 24.3 Å². The summed E-state index contributed by atoms with van der Waals surface area (Å²) >= 11 is 0. The van der Waals surface area contributed by atoms with Crippen molar-refractivity contribution < 1.29 is 19.0 Å². The van der Waals surface area contributed by atoms with Gasteiger partial charge < -0.3 is 14.7 Å². The highest BCUT2D eigenvalue weighted by Gasteiger charge is 2.50. The zero-order valence-corrected chi connectivity index (χ0v) is 16.1. The predicted octanol–water partition coefficient (Wildman–Crippen LogP) is 4.34. The number of piperidine rings is 1. The van der Waals surface area contributed by atoms with Crippen LogP contribution in [0.15, 0.2) is 48.5 Å². The van der Waals surface area contributed by atoms with E-state index in [0.29, 0.717) is 24.3 Å². The lowest BCUT2D eigenvalue weighted by molar-refractivity contribution is -0.115. The molecule has 2 aromatic rings. The van der Waals surface area contributed by atoms with Gasteiger partial charge in [0, 0.05) is 12.5 Å². The maximum absolute atomic E-state index is 13.5. The van der Waals surface area contributed by atoms with Gasteiger partial charge in [0.1, 0.15) is 11.6 Å². The van der Waals surface area contributed by atoms with Crippen LogP contribution in [0.4, 0.5) is 4.39 Å². The van der Waals surface area contributed by atoms with E-state index in [1.54, 1.807) is 31.4 Å². The molecule has 4 rings (SSSR count). The Morgan fingerprint density at radius 2 is 1.89 bits per heavy atom. The number of likely N-dealkylation sites (tertiary alicyclic amines) is 1. The van der Waals surface area contributed by atoms with Crippen molar-refractivity contribution in [3.63, 3.8) is 0 Å². The first kappa shape index (κ1) is 18.9. The van der Waals surface area contributed by atoms with Gasteiger partial charge in [0.25, 0.3) is 5.91 Å². The highest BCUT2D eigenvalue weighted by atomic mass is 19.1. The zero-order valence-electron chi connectivity index (χ0n) is 16.1. The van der Waals surface area contributed by atoms with Crippen LogP contribution in [-0.4, -0.2) is 35.2 Å². The molecule has 0 radical (unpaired) electrons. The molecule has 1 aliphatic carbocycles. The second kappa shape index (κ2) is 7.55. The van der Waals surface area contributed by atoms with Gasteiger partial charge in [-0.05, 0) is 49.1 Å². The van der Waals surface area contributed by atoms with Crippen LogP contribution in [0.25, 0.3) is 0 Å². The van der Waals surface area contributed by atoms with Crippen molar-refractivity contribution in [1.82, 2.24) is 4.90 Å². The summed E-state index contributed by atoms with van der Waals surface area (Å²) in [5.74, 6) is 0.0643. The molecular formula is C23H26FNO3. The van der Waals surface area contributed by atoms with E-state index in [0.717, 1.165) is 31.2 Å². The van der Waals surface area contributed by atoms with Crippen LogP contribution in [0, 0.1) is 11.7 Å². The molecule has 0 spiro atoms. The van der Waals surface area contributed by atoms with Gasteiger partial charge in [0.2, 0.25) is 0 Å². The fourth-order valence-corrected chi connectivity index (χ4v) is 4.96. The standard InChI is InChI=1S/C23H26FNO3/c1-28-20-8-3-2-6-18(20)22(26)25-15-14-23(27)13-5-4-7-19(23)21(25)16-9-11-17(24)12-10-16/h2-3,6,8-12,19,21,27H,4-5,7,13-15H2,1H3/t19-,21-,23-/m1/s1. The second-order valence-electron chi connectivity index (χ2n) is 7.90. The second-order valence-corrected chi connectivity index (χ2v) is 7.90. The van der Waals surface area contributed by atoms with Crippen LogP contribution in [0.3, 0.4) is 0 Å². The summed E-state index contributed by atoms with van der Waals surface area (Å²) in [4.78, 5) is 15.3. The molecule has 1 saturated carbocycles. The number of nitrogens with zero attached hydrogens (tertiary/aromatic N) is 1. The molecule has 3 atom stereocenters. The van der Waals surface area contributed by atoms with Crippen molar-refractivity contribution >= 4 is 5.91 Å². The normalized spacial score (nSPS) is 27.2. The van der Waals surface area contributed by atoms with Crippen molar-refractivity contribution in [1.29, 1.82) is 0 Å². The average molecular weight is 383 g/mol. The van der Waals surface area contributed by atoms with Gasteiger partial charge >= 0.3 is 0 Å². The van der Waals surface area contributed by atoms with Gasteiger partial charge in [-0.15, -0.1) is 0 Å². The smallest absolute Gasteiger partial charge is 0.258 e. The zero-order chi connectivity index (χ0) is 19.7. The number of fused-ring (bicyclic) bond motifs is 1. The highest BCUT2D eigenvalue weighted by molar-refractivity contribution is 5.97. The van der Waals surface area contributed by atoms with Crippen molar-refractivity contribution in [2.24, 2.45) is 5.92 Å². The molecule has 2 fully saturated rings. The van der Waals surface area contributed by atoms with Gasteiger partial charge in [-0.1, -0.05) is 37.1 Å². The summed E-state index contributed by atoms with van der Waals surface area (Å²) in [5.41, 5.74) is 0.613. The van der Waals surface area contributed by atoms with E-state index in [-0.39, 0.29) is 23.7 Å². The van der Waals surface area contributed by atoms with E-state index in [2.05, 4.69) is 0 Å². The molecule has 1 heterocycles. The van der Waals surface area contributed by atoms with Crippen LogP contribution in [-0.2, 0) is 0 Å². The van der Waals surface area contributed by atoms with Crippen LogP contribution >= 0.6 is 0 Å². The quantitative estimate of drug-likeness (QED) is 0.858. The number of rotatable bonds is 3. The highest BCUT2D eigenvalue weighted by Crippen LogP contribution is 2.49. The number of carbonyl (C=O) groups is 1. The first-order valence-corrected chi connectivity index (χ1v) is 9.95. The van der Waals surface area contributed by atoms with Gasteiger partial charge in [-0.3, -0.25) is 4.79 Å². The summed E-state index contributed by atoms with van der Waals surface area (Å²) in [6.07, 6.45) is 4.21. The van der Waals surface area contributed by atoms with E-state index in [1.165, 1.54) is 12.1 Å². The van der Waals surface area contributed by atoms with Crippen LogP contribution < -0.4 is 4.74 Å². The van der Waals surface area contributed by atoms with E-state index < -0.39 is 5.60 Å².